The van der Waals surface area contributed by atoms with Crippen LogP contribution < -0.4 is 15.0 Å². The predicted octanol–water partition coefficient (Wildman–Crippen LogP) is 4.57. The Morgan fingerprint density at radius 3 is 2.85 bits per heavy atom. The highest BCUT2D eigenvalue weighted by Gasteiger charge is 2.30. The molecule has 2 aromatic carbocycles. The molecule has 8 nitrogen and oxygen atoms in total. The van der Waals surface area contributed by atoms with Crippen molar-refractivity contribution in [2.75, 3.05) is 18.0 Å². The van der Waals surface area contributed by atoms with Crippen molar-refractivity contribution in [1.82, 2.24) is 19.9 Å². The summed E-state index contributed by atoms with van der Waals surface area (Å²) in [7, 11) is 0. The Kier molecular flexibility index (Phi) is 6.79. The molecule has 0 bridgehead atoms. The maximum absolute atomic E-state index is 14.2. The Hall–Kier alpha value is -4.53. The molecule has 2 aliphatic rings. The van der Waals surface area contributed by atoms with Gasteiger partial charge in [-0.05, 0) is 49.1 Å². The van der Waals surface area contributed by atoms with Crippen molar-refractivity contribution < 1.29 is 18.7 Å². The van der Waals surface area contributed by atoms with Gasteiger partial charge in [0.05, 0.1) is 12.5 Å². The van der Waals surface area contributed by atoms with Gasteiger partial charge in [-0.1, -0.05) is 36.4 Å². The fourth-order valence-corrected chi connectivity index (χ4v) is 5.30. The van der Waals surface area contributed by atoms with E-state index in [0.717, 1.165) is 17.8 Å². The molecule has 4 aromatic rings. The van der Waals surface area contributed by atoms with Crippen molar-refractivity contribution in [3.8, 4) is 5.88 Å². The summed E-state index contributed by atoms with van der Waals surface area (Å²) in [6, 6.07) is 18.3. The highest BCUT2D eigenvalue weighted by Crippen LogP contribution is 2.34. The quantitative estimate of drug-likeness (QED) is 0.322. The molecule has 0 radical (unpaired) electrons. The second kappa shape index (κ2) is 10.7. The van der Waals surface area contributed by atoms with E-state index in [9.17, 15) is 14.0 Å². The van der Waals surface area contributed by atoms with Crippen LogP contribution in [0.5, 0.6) is 5.88 Å². The average Bonchev–Trinajstić information content (AvgIpc) is 3.66. The van der Waals surface area contributed by atoms with E-state index in [1.54, 1.807) is 18.2 Å². The molecule has 1 amide bonds. The van der Waals surface area contributed by atoms with Crippen LogP contribution >= 0.6 is 0 Å². The first-order valence-electron chi connectivity index (χ1n) is 13.1. The van der Waals surface area contributed by atoms with Gasteiger partial charge in [-0.15, -0.1) is 0 Å². The van der Waals surface area contributed by atoms with E-state index < -0.39 is 0 Å². The van der Waals surface area contributed by atoms with Crippen LogP contribution in [0.1, 0.15) is 45.9 Å². The Balaban J connectivity index is 1.17. The molecule has 1 atom stereocenters. The highest BCUT2D eigenvalue weighted by atomic mass is 19.1. The van der Waals surface area contributed by atoms with Crippen LogP contribution in [0, 0.1) is 5.82 Å². The van der Waals surface area contributed by atoms with Gasteiger partial charge in [-0.2, -0.15) is 4.98 Å². The minimum absolute atomic E-state index is 0.0799. The van der Waals surface area contributed by atoms with E-state index >= 15 is 0 Å². The minimum Gasteiger partial charge on any atom is -0.472 e. The van der Waals surface area contributed by atoms with Gasteiger partial charge in [0, 0.05) is 42.4 Å². The normalized spacial score (nSPS) is 15.8. The molecular formula is C30H28FN5O3. The van der Waals surface area contributed by atoms with E-state index in [1.165, 1.54) is 17.8 Å². The third-order valence-corrected chi connectivity index (χ3v) is 7.33. The standard InChI is InChI=1S/C30H28FN5O3/c31-24-10-3-1-8-21(24)19-39-29-23(17-33-30(34-29)36-16-13-20-7-2-4-11-25(20)36)28(38)32-14-5-9-22-26-12-6-15-35(26)18-27(22)37/h1-4,6-8,10-12,15,17,22H,5,9,13-14,16,18-19H2,(H,32,38). The van der Waals surface area contributed by atoms with Gasteiger partial charge in [0.15, 0.2) is 5.78 Å². The number of para-hydroxylation sites is 1. The molecule has 1 unspecified atom stereocenters. The van der Waals surface area contributed by atoms with E-state index in [1.807, 2.05) is 46.0 Å². The Labute approximate surface area is 225 Å². The lowest BCUT2D eigenvalue weighted by Crippen LogP contribution is -2.27. The number of benzene rings is 2. The van der Waals surface area contributed by atoms with Crippen LogP contribution in [0.15, 0.2) is 73.1 Å². The predicted molar refractivity (Wildman–Crippen MR) is 144 cm³/mol. The molecule has 4 heterocycles. The first-order chi connectivity index (χ1) is 19.1. The number of fused-ring (bicyclic) bond motifs is 2. The van der Waals surface area contributed by atoms with Gasteiger partial charge < -0.3 is 19.5 Å². The molecule has 6 rings (SSSR count). The van der Waals surface area contributed by atoms with Crippen LogP contribution in [-0.2, 0) is 24.4 Å². The smallest absolute Gasteiger partial charge is 0.258 e. The number of nitrogens with zero attached hydrogens (tertiary/aromatic N) is 4. The SMILES string of the molecule is O=C(NCCCC1C(=O)Cn2cccc21)c1cnc(N2CCc3ccccc32)nc1OCc1ccccc1F. The summed E-state index contributed by atoms with van der Waals surface area (Å²) in [5, 5.41) is 2.91. The fourth-order valence-electron chi connectivity index (χ4n) is 5.30. The minimum atomic E-state index is -0.390. The summed E-state index contributed by atoms with van der Waals surface area (Å²) < 4.78 is 22.1. The molecule has 0 spiro atoms. The Morgan fingerprint density at radius 2 is 1.95 bits per heavy atom. The van der Waals surface area contributed by atoms with Gasteiger partial charge in [-0.3, -0.25) is 9.59 Å². The largest absolute Gasteiger partial charge is 0.472 e. The summed E-state index contributed by atoms with van der Waals surface area (Å²) in [6.07, 6.45) is 5.54. The maximum Gasteiger partial charge on any atom is 0.258 e. The zero-order chi connectivity index (χ0) is 26.8. The summed E-state index contributed by atoms with van der Waals surface area (Å²) in [6.45, 7) is 1.43. The highest BCUT2D eigenvalue weighted by molar-refractivity contribution is 5.96. The summed E-state index contributed by atoms with van der Waals surface area (Å²) in [5.41, 5.74) is 3.78. The van der Waals surface area contributed by atoms with Crippen molar-refractivity contribution in [1.29, 1.82) is 0 Å². The first kappa shape index (κ1) is 24.8. The number of aromatic nitrogens is 3. The second-order valence-electron chi connectivity index (χ2n) is 9.78. The number of ether oxygens (including phenoxy) is 1. The zero-order valence-electron chi connectivity index (χ0n) is 21.3. The number of carbonyl (C=O) groups is 2. The van der Waals surface area contributed by atoms with Crippen molar-refractivity contribution in [2.45, 2.75) is 38.3 Å². The molecule has 0 fully saturated rings. The van der Waals surface area contributed by atoms with E-state index in [4.69, 9.17) is 4.74 Å². The lowest BCUT2D eigenvalue weighted by Gasteiger charge is -2.19. The summed E-state index contributed by atoms with van der Waals surface area (Å²) in [5.74, 6) is -0.195. The monoisotopic (exact) mass is 525 g/mol. The number of halogens is 1. The number of amides is 1. The fraction of sp³-hybridized carbons (Fsp3) is 0.267. The molecule has 0 saturated carbocycles. The number of rotatable bonds is 9. The second-order valence-corrected chi connectivity index (χ2v) is 9.78. The lowest BCUT2D eigenvalue weighted by molar-refractivity contribution is -0.119. The molecule has 2 aliphatic heterocycles. The lowest BCUT2D eigenvalue weighted by atomic mass is 9.97. The van der Waals surface area contributed by atoms with Crippen LogP contribution in [0.2, 0.25) is 0 Å². The summed E-state index contributed by atoms with van der Waals surface area (Å²) >= 11 is 0. The molecule has 9 heteroatoms. The Morgan fingerprint density at radius 1 is 1.10 bits per heavy atom. The topological polar surface area (TPSA) is 89.4 Å². The van der Waals surface area contributed by atoms with Crippen molar-refractivity contribution >= 4 is 23.3 Å². The van der Waals surface area contributed by atoms with Gasteiger partial charge >= 0.3 is 0 Å². The van der Waals surface area contributed by atoms with Gasteiger partial charge in [0.25, 0.3) is 5.91 Å². The van der Waals surface area contributed by atoms with E-state index in [0.29, 0.717) is 44.0 Å². The van der Waals surface area contributed by atoms with Gasteiger partial charge in [0.2, 0.25) is 11.8 Å². The molecule has 198 valence electrons. The number of hydrogen-bond acceptors (Lipinski definition) is 6. The third-order valence-electron chi connectivity index (χ3n) is 7.33. The van der Waals surface area contributed by atoms with Crippen LogP contribution in [0.25, 0.3) is 0 Å². The van der Waals surface area contributed by atoms with Crippen LogP contribution in [-0.4, -0.2) is 39.3 Å². The number of hydrogen-bond donors (Lipinski definition) is 1. The molecule has 0 saturated heterocycles. The molecule has 0 aliphatic carbocycles. The number of Topliss-reactive ketones (excluding diaryl/α,β-unsaturated/α-hetero) is 1. The van der Waals surface area contributed by atoms with Gasteiger partial charge in [0.1, 0.15) is 18.0 Å². The van der Waals surface area contributed by atoms with Crippen molar-refractivity contribution in [2.24, 2.45) is 0 Å². The molecule has 39 heavy (non-hydrogen) atoms. The van der Waals surface area contributed by atoms with E-state index in [2.05, 4.69) is 21.4 Å². The Bertz CT molecular complexity index is 1530. The molecule has 1 N–H and O–H groups in total. The number of carbonyl (C=O) groups excluding carboxylic acids is 2. The molecule has 2 aromatic heterocycles. The maximum atomic E-state index is 14.2. The number of anilines is 2. The third kappa shape index (κ3) is 4.99. The van der Waals surface area contributed by atoms with Crippen LogP contribution in [0.3, 0.4) is 0 Å². The average molecular weight is 526 g/mol. The first-order valence-corrected chi connectivity index (χ1v) is 13.1. The number of nitrogens with one attached hydrogen (secondary N) is 1. The van der Waals surface area contributed by atoms with Crippen LogP contribution in [0.4, 0.5) is 16.0 Å². The molecular weight excluding hydrogens is 497 g/mol. The van der Waals surface area contributed by atoms with Gasteiger partial charge in [-0.25, -0.2) is 9.37 Å². The number of ketones is 1. The van der Waals surface area contributed by atoms with Crippen molar-refractivity contribution in [3.63, 3.8) is 0 Å². The zero-order valence-corrected chi connectivity index (χ0v) is 21.3. The van der Waals surface area contributed by atoms with E-state index in [-0.39, 0.29) is 41.5 Å². The summed E-state index contributed by atoms with van der Waals surface area (Å²) in [4.78, 5) is 36.6. The van der Waals surface area contributed by atoms with Crippen molar-refractivity contribution in [3.05, 3.63) is 101 Å².